The molecule has 0 amide bonds. The molecule has 1 aliphatic carbocycles. The summed E-state index contributed by atoms with van der Waals surface area (Å²) in [7, 11) is 3.05. The summed E-state index contributed by atoms with van der Waals surface area (Å²) in [6.07, 6.45) is 5.58. The lowest BCUT2D eigenvalue weighted by atomic mass is 9.86. The molecular formula is C16H21N3O3. The summed E-state index contributed by atoms with van der Waals surface area (Å²) in [4.78, 5) is 11.6. The molecule has 6 heteroatoms. The molecule has 1 saturated carbocycles. The van der Waals surface area contributed by atoms with Gasteiger partial charge < -0.3 is 15.2 Å². The lowest BCUT2D eigenvalue weighted by Gasteiger charge is -2.26. The minimum Gasteiger partial charge on any atom is -0.495 e. The number of fused-ring (bicyclic) bond motifs is 1. The van der Waals surface area contributed by atoms with E-state index in [4.69, 9.17) is 15.2 Å². The van der Waals surface area contributed by atoms with Crippen LogP contribution in [0.15, 0.2) is 18.3 Å². The molecule has 2 N–H and O–H groups in total. The Morgan fingerprint density at radius 1 is 1.27 bits per heavy atom. The maximum atomic E-state index is 11.6. The van der Waals surface area contributed by atoms with E-state index >= 15 is 0 Å². The molecule has 0 radical (unpaired) electrons. The van der Waals surface area contributed by atoms with Crippen LogP contribution in [0.25, 0.3) is 10.9 Å². The van der Waals surface area contributed by atoms with E-state index in [0.29, 0.717) is 17.5 Å². The zero-order valence-corrected chi connectivity index (χ0v) is 12.9. The SMILES string of the molecule is COC(=O)C1CCC(n2cc3cc(N)c(OC)cc3n2)CC1. The minimum absolute atomic E-state index is 0.0296. The highest BCUT2D eigenvalue weighted by Gasteiger charge is 2.28. The van der Waals surface area contributed by atoms with Crippen LogP contribution >= 0.6 is 0 Å². The van der Waals surface area contributed by atoms with Crippen LogP contribution in [-0.2, 0) is 9.53 Å². The van der Waals surface area contributed by atoms with Crippen molar-refractivity contribution in [3.05, 3.63) is 18.3 Å². The molecule has 0 bridgehead atoms. The standard InChI is InChI=1S/C16H21N3O3/c1-21-15-8-14-11(7-13(15)17)9-19(18-14)12-5-3-10(4-6-12)16(20)22-2/h7-10,12H,3-6,17H2,1-2H3. The summed E-state index contributed by atoms with van der Waals surface area (Å²) in [5, 5.41) is 5.65. The van der Waals surface area contributed by atoms with Gasteiger partial charge in [-0.15, -0.1) is 0 Å². The third-order valence-electron chi connectivity index (χ3n) is 4.48. The molecule has 3 rings (SSSR count). The average molecular weight is 303 g/mol. The second-order valence-corrected chi connectivity index (χ2v) is 5.79. The van der Waals surface area contributed by atoms with Gasteiger partial charge in [-0.1, -0.05) is 0 Å². The first kappa shape index (κ1) is 14.7. The van der Waals surface area contributed by atoms with Crippen molar-refractivity contribution in [2.24, 2.45) is 5.92 Å². The molecule has 1 aliphatic rings. The van der Waals surface area contributed by atoms with Gasteiger partial charge in [0.15, 0.2) is 0 Å². The number of nitrogens with two attached hydrogens (primary N) is 1. The van der Waals surface area contributed by atoms with E-state index in [9.17, 15) is 4.79 Å². The molecule has 1 heterocycles. The van der Waals surface area contributed by atoms with Crippen molar-refractivity contribution in [2.75, 3.05) is 20.0 Å². The van der Waals surface area contributed by atoms with Gasteiger partial charge >= 0.3 is 5.97 Å². The van der Waals surface area contributed by atoms with Gasteiger partial charge in [0.1, 0.15) is 5.75 Å². The van der Waals surface area contributed by atoms with Gasteiger partial charge in [-0.05, 0) is 31.7 Å². The molecule has 118 valence electrons. The summed E-state index contributed by atoms with van der Waals surface area (Å²) in [6, 6.07) is 4.07. The number of hydrogen-bond donors (Lipinski definition) is 1. The van der Waals surface area contributed by atoms with E-state index in [2.05, 4.69) is 5.10 Å². The number of anilines is 1. The van der Waals surface area contributed by atoms with Crippen molar-refractivity contribution in [3.63, 3.8) is 0 Å². The van der Waals surface area contributed by atoms with Crippen LogP contribution in [0.2, 0.25) is 0 Å². The Labute approximate surface area is 129 Å². The van der Waals surface area contributed by atoms with Crippen molar-refractivity contribution >= 4 is 22.6 Å². The van der Waals surface area contributed by atoms with Crippen molar-refractivity contribution < 1.29 is 14.3 Å². The van der Waals surface area contributed by atoms with Crippen molar-refractivity contribution in [1.82, 2.24) is 9.78 Å². The van der Waals surface area contributed by atoms with Gasteiger partial charge in [-0.25, -0.2) is 0 Å². The summed E-state index contributed by atoms with van der Waals surface area (Å²) in [5.74, 6) is 0.579. The predicted molar refractivity (Wildman–Crippen MR) is 83.7 cm³/mol. The van der Waals surface area contributed by atoms with Gasteiger partial charge in [0.05, 0.1) is 37.4 Å². The Bertz CT molecular complexity index is 687. The summed E-state index contributed by atoms with van der Waals surface area (Å²) in [5.41, 5.74) is 7.43. The normalized spacial score (nSPS) is 21.7. The highest BCUT2D eigenvalue weighted by Crippen LogP contribution is 2.34. The lowest BCUT2D eigenvalue weighted by Crippen LogP contribution is -2.24. The summed E-state index contributed by atoms with van der Waals surface area (Å²) in [6.45, 7) is 0. The van der Waals surface area contributed by atoms with Crippen LogP contribution in [-0.4, -0.2) is 30.0 Å². The molecule has 22 heavy (non-hydrogen) atoms. The van der Waals surface area contributed by atoms with Crippen LogP contribution in [0.4, 0.5) is 5.69 Å². The monoisotopic (exact) mass is 303 g/mol. The number of methoxy groups -OCH3 is 2. The number of hydrogen-bond acceptors (Lipinski definition) is 5. The van der Waals surface area contributed by atoms with Gasteiger partial charge in [-0.2, -0.15) is 5.10 Å². The minimum atomic E-state index is -0.0958. The van der Waals surface area contributed by atoms with Crippen LogP contribution in [0.1, 0.15) is 31.7 Å². The maximum absolute atomic E-state index is 11.6. The first-order chi connectivity index (χ1) is 10.6. The van der Waals surface area contributed by atoms with E-state index in [-0.39, 0.29) is 11.9 Å². The van der Waals surface area contributed by atoms with E-state index in [1.807, 2.05) is 23.0 Å². The average Bonchev–Trinajstić information content (AvgIpc) is 2.96. The predicted octanol–water partition coefficient (Wildman–Crippen LogP) is 2.53. The molecule has 0 unspecified atom stereocenters. The number of nitrogen functional groups attached to an aromatic ring is 1. The van der Waals surface area contributed by atoms with Gasteiger partial charge in [-0.3, -0.25) is 9.48 Å². The van der Waals surface area contributed by atoms with E-state index < -0.39 is 0 Å². The molecule has 1 aromatic carbocycles. The number of carbonyl (C=O) groups excluding carboxylic acids is 1. The van der Waals surface area contributed by atoms with Crippen molar-refractivity contribution in [2.45, 2.75) is 31.7 Å². The lowest BCUT2D eigenvalue weighted by molar-refractivity contribution is -0.146. The van der Waals surface area contributed by atoms with Gasteiger partial charge in [0, 0.05) is 17.6 Å². The zero-order valence-electron chi connectivity index (χ0n) is 12.9. The van der Waals surface area contributed by atoms with Crippen LogP contribution < -0.4 is 10.5 Å². The topological polar surface area (TPSA) is 79.4 Å². The second kappa shape index (κ2) is 5.87. The van der Waals surface area contributed by atoms with Crippen molar-refractivity contribution in [1.29, 1.82) is 0 Å². The highest BCUT2D eigenvalue weighted by molar-refractivity contribution is 5.84. The molecule has 1 aromatic heterocycles. The van der Waals surface area contributed by atoms with E-state index in [1.165, 1.54) is 7.11 Å². The third-order valence-corrected chi connectivity index (χ3v) is 4.48. The fourth-order valence-electron chi connectivity index (χ4n) is 3.20. The third kappa shape index (κ3) is 2.61. The highest BCUT2D eigenvalue weighted by atomic mass is 16.5. The summed E-state index contributed by atoms with van der Waals surface area (Å²) >= 11 is 0. The molecule has 0 saturated heterocycles. The number of ether oxygens (including phenoxy) is 2. The molecule has 0 atom stereocenters. The molecule has 6 nitrogen and oxygen atoms in total. The number of carbonyl (C=O) groups is 1. The van der Waals surface area contributed by atoms with Crippen molar-refractivity contribution in [3.8, 4) is 5.75 Å². The van der Waals surface area contributed by atoms with Crippen LogP contribution in [0.3, 0.4) is 0 Å². The fraction of sp³-hybridized carbons (Fsp3) is 0.500. The molecular weight excluding hydrogens is 282 g/mol. The van der Waals surface area contributed by atoms with E-state index in [0.717, 1.165) is 36.6 Å². The maximum Gasteiger partial charge on any atom is 0.308 e. The molecule has 0 spiro atoms. The smallest absolute Gasteiger partial charge is 0.308 e. The number of esters is 1. The fourth-order valence-corrected chi connectivity index (χ4v) is 3.20. The Kier molecular flexibility index (Phi) is 3.92. The first-order valence-electron chi connectivity index (χ1n) is 7.52. The number of aromatic nitrogens is 2. The Morgan fingerprint density at radius 2 is 2.00 bits per heavy atom. The number of rotatable bonds is 3. The molecule has 0 aliphatic heterocycles. The molecule has 1 fully saturated rings. The summed E-state index contributed by atoms with van der Waals surface area (Å²) < 4.78 is 12.1. The first-order valence-corrected chi connectivity index (χ1v) is 7.52. The quantitative estimate of drug-likeness (QED) is 0.696. The Balaban J connectivity index is 1.79. The largest absolute Gasteiger partial charge is 0.495 e. The van der Waals surface area contributed by atoms with Crippen LogP contribution in [0, 0.1) is 5.92 Å². The second-order valence-electron chi connectivity index (χ2n) is 5.79. The Hall–Kier alpha value is -2.24. The zero-order chi connectivity index (χ0) is 15.7. The number of nitrogens with zero attached hydrogens (tertiary/aromatic N) is 2. The van der Waals surface area contributed by atoms with E-state index in [1.54, 1.807) is 7.11 Å². The Morgan fingerprint density at radius 3 is 2.64 bits per heavy atom. The van der Waals surface area contributed by atoms with Crippen LogP contribution in [0.5, 0.6) is 5.75 Å². The van der Waals surface area contributed by atoms with Gasteiger partial charge in [0.2, 0.25) is 0 Å². The number of benzene rings is 1. The van der Waals surface area contributed by atoms with Gasteiger partial charge in [0.25, 0.3) is 0 Å². The molecule has 2 aromatic rings.